The van der Waals surface area contributed by atoms with Gasteiger partial charge in [-0.3, -0.25) is 0 Å². The first-order valence-corrected chi connectivity index (χ1v) is 3.77. The maximum Gasteiger partial charge on any atom is 0.130 e. The molecule has 10 heavy (non-hydrogen) atoms. The number of halogens is 1. The first-order chi connectivity index (χ1) is 4.86. The van der Waals surface area contributed by atoms with Crippen LogP contribution in [0.1, 0.15) is 24.3 Å². The summed E-state index contributed by atoms with van der Waals surface area (Å²) in [6.07, 6.45) is 5.37. The molecular weight excluding hydrogens is 146 g/mol. The highest BCUT2D eigenvalue weighted by Crippen LogP contribution is 2.40. The zero-order chi connectivity index (χ0) is 6.97. The molecule has 0 spiro atoms. The van der Waals surface area contributed by atoms with E-state index in [9.17, 15) is 0 Å². The zero-order valence-electron chi connectivity index (χ0n) is 5.47. The van der Waals surface area contributed by atoms with Crippen molar-refractivity contribution in [3.63, 3.8) is 0 Å². The van der Waals surface area contributed by atoms with E-state index in [0.717, 1.165) is 5.92 Å². The van der Waals surface area contributed by atoms with Gasteiger partial charge < -0.3 is 0 Å². The van der Waals surface area contributed by atoms with Gasteiger partial charge in [-0.2, -0.15) is 0 Å². The molecule has 1 radical (unpaired) electrons. The third-order valence-corrected chi connectivity index (χ3v) is 1.93. The molecule has 2 rings (SSSR count). The van der Waals surface area contributed by atoms with Crippen LogP contribution < -0.4 is 0 Å². The van der Waals surface area contributed by atoms with Crippen molar-refractivity contribution in [3.8, 4) is 0 Å². The summed E-state index contributed by atoms with van der Waals surface area (Å²) in [7, 11) is 0. The number of hydrogen-bond acceptors (Lipinski definition) is 1. The molecule has 0 amide bonds. The molecule has 0 unspecified atom stereocenters. The fourth-order valence-electron chi connectivity index (χ4n) is 1.03. The second-order valence-electron chi connectivity index (χ2n) is 2.63. The Kier molecular flexibility index (Phi) is 1.38. The van der Waals surface area contributed by atoms with Crippen molar-refractivity contribution in [3.05, 3.63) is 29.0 Å². The van der Waals surface area contributed by atoms with Gasteiger partial charge in [0.05, 0.1) is 6.20 Å². The summed E-state index contributed by atoms with van der Waals surface area (Å²) in [5, 5.41) is 0.560. The molecule has 0 N–H and O–H groups in total. The molecule has 51 valence electrons. The van der Waals surface area contributed by atoms with Crippen LogP contribution in [0.15, 0.2) is 12.1 Å². The van der Waals surface area contributed by atoms with Gasteiger partial charge in [0.1, 0.15) is 5.15 Å². The molecule has 0 atom stereocenters. The maximum atomic E-state index is 5.67. The second kappa shape index (κ2) is 2.24. The van der Waals surface area contributed by atoms with Crippen LogP contribution in [0, 0.1) is 6.20 Å². The Hall–Kier alpha value is -0.560. The lowest BCUT2D eigenvalue weighted by Gasteiger charge is -1.94. The van der Waals surface area contributed by atoms with E-state index in [1.165, 1.54) is 18.4 Å². The van der Waals surface area contributed by atoms with Crippen LogP contribution in [-0.2, 0) is 0 Å². The third kappa shape index (κ3) is 1.14. The number of aromatic nitrogens is 1. The number of nitrogens with zero attached hydrogens (tertiary/aromatic N) is 1. The first-order valence-electron chi connectivity index (χ1n) is 3.40. The lowest BCUT2D eigenvalue weighted by Crippen LogP contribution is -1.80. The van der Waals surface area contributed by atoms with E-state index >= 15 is 0 Å². The second-order valence-corrected chi connectivity index (χ2v) is 3.01. The number of pyridine rings is 1. The standard InChI is InChI=1S/C8H7ClN/c9-8-5-7(3-4-10-8)6-1-2-6/h3,5-6H,1-2H2. The summed E-state index contributed by atoms with van der Waals surface area (Å²) >= 11 is 5.67. The summed E-state index contributed by atoms with van der Waals surface area (Å²) in [6.45, 7) is 0. The SMILES string of the molecule is Clc1cc(C2CC2)c[c]n1. The monoisotopic (exact) mass is 152 g/mol. The summed E-state index contributed by atoms with van der Waals surface area (Å²) in [6, 6.07) is 3.85. The van der Waals surface area contributed by atoms with Crippen LogP contribution in [0.2, 0.25) is 5.15 Å². The van der Waals surface area contributed by atoms with Crippen LogP contribution in [0.5, 0.6) is 0 Å². The summed E-state index contributed by atoms with van der Waals surface area (Å²) < 4.78 is 0. The summed E-state index contributed by atoms with van der Waals surface area (Å²) in [5.41, 5.74) is 1.29. The Morgan fingerprint density at radius 3 is 3.00 bits per heavy atom. The largest absolute Gasteiger partial charge is 0.234 e. The van der Waals surface area contributed by atoms with Crippen LogP contribution in [-0.4, -0.2) is 4.98 Å². The normalized spacial score (nSPS) is 17.3. The van der Waals surface area contributed by atoms with E-state index < -0.39 is 0 Å². The van der Waals surface area contributed by atoms with Gasteiger partial charge in [0.2, 0.25) is 0 Å². The Labute approximate surface area is 65.0 Å². The molecule has 2 heteroatoms. The first kappa shape index (κ1) is 6.17. The van der Waals surface area contributed by atoms with Gasteiger partial charge in [-0.1, -0.05) is 11.6 Å². The minimum Gasteiger partial charge on any atom is -0.234 e. The molecule has 0 bridgehead atoms. The molecule has 1 aliphatic rings. The molecule has 1 fully saturated rings. The Bertz CT molecular complexity index is 243. The van der Waals surface area contributed by atoms with E-state index in [1.807, 2.05) is 12.1 Å². The summed E-state index contributed by atoms with van der Waals surface area (Å²) in [5.74, 6) is 0.747. The highest BCUT2D eigenvalue weighted by atomic mass is 35.5. The molecule has 0 saturated heterocycles. The van der Waals surface area contributed by atoms with E-state index in [2.05, 4.69) is 11.2 Å². The van der Waals surface area contributed by atoms with Crippen molar-refractivity contribution in [2.75, 3.05) is 0 Å². The molecule has 1 aromatic heterocycles. The molecule has 1 nitrogen and oxygen atoms in total. The number of hydrogen-bond donors (Lipinski definition) is 0. The zero-order valence-corrected chi connectivity index (χ0v) is 6.23. The molecule has 1 heterocycles. The van der Waals surface area contributed by atoms with Gasteiger partial charge in [0.25, 0.3) is 0 Å². The van der Waals surface area contributed by atoms with Crippen LogP contribution >= 0.6 is 11.6 Å². The molecule has 0 aliphatic heterocycles. The fraction of sp³-hybridized carbons (Fsp3) is 0.375. The van der Waals surface area contributed by atoms with Crippen molar-refractivity contribution in [1.29, 1.82) is 0 Å². The van der Waals surface area contributed by atoms with E-state index in [1.54, 1.807) is 0 Å². The topological polar surface area (TPSA) is 12.9 Å². The van der Waals surface area contributed by atoms with Gasteiger partial charge in [0.15, 0.2) is 0 Å². The quantitative estimate of drug-likeness (QED) is 0.564. The van der Waals surface area contributed by atoms with E-state index in [4.69, 9.17) is 11.6 Å². The highest BCUT2D eigenvalue weighted by molar-refractivity contribution is 6.29. The van der Waals surface area contributed by atoms with Gasteiger partial charge in [-0.05, 0) is 36.5 Å². The maximum absolute atomic E-state index is 5.67. The molecule has 1 aromatic rings. The molecule has 0 aromatic carbocycles. The van der Waals surface area contributed by atoms with Gasteiger partial charge >= 0.3 is 0 Å². The van der Waals surface area contributed by atoms with Gasteiger partial charge in [0, 0.05) is 0 Å². The lowest BCUT2D eigenvalue weighted by atomic mass is 10.2. The predicted molar refractivity (Wildman–Crippen MR) is 40.1 cm³/mol. The average molecular weight is 153 g/mol. The minimum atomic E-state index is 0.560. The van der Waals surface area contributed by atoms with Crippen molar-refractivity contribution < 1.29 is 0 Å². The van der Waals surface area contributed by atoms with Gasteiger partial charge in [-0.15, -0.1) is 0 Å². The van der Waals surface area contributed by atoms with Crippen molar-refractivity contribution in [1.82, 2.24) is 4.98 Å². The third-order valence-electron chi connectivity index (χ3n) is 1.74. The van der Waals surface area contributed by atoms with E-state index in [0.29, 0.717) is 5.15 Å². The van der Waals surface area contributed by atoms with Crippen molar-refractivity contribution in [2.45, 2.75) is 18.8 Å². The smallest absolute Gasteiger partial charge is 0.130 e. The lowest BCUT2D eigenvalue weighted by molar-refractivity contribution is 1.11. The molecular formula is C8H7ClN. The van der Waals surface area contributed by atoms with Crippen molar-refractivity contribution >= 4 is 11.6 Å². The minimum absolute atomic E-state index is 0.560. The predicted octanol–water partition coefficient (Wildman–Crippen LogP) is 2.41. The molecule has 1 saturated carbocycles. The van der Waals surface area contributed by atoms with Crippen LogP contribution in [0.25, 0.3) is 0 Å². The Balaban J connectivity index is 2.32. The molecule has 1 aliphatic carbocycles. The van der Waals surface area contributed by atoms with Crippen molar-refractivity contribution in [2.24, 2.45) is 0 Å². The highest BCUT2D eigenvalue weighted by Gasteiger charge is 2.23. The van der Waals surface area contributed by atoms with E-state index in [-0.39, 0.29) is 0 Å². The number of rotatable bonds is 1. The Morgan fingerprint density at radius 2 is 2.40 bits per heavy atom. The fourth-order valence-corrected chi connectivity index (χ4v) is 1.21. The summed E-state index contributed by atoms with van der Waals surface area (Å²) in [4.78, 5) is 3.79. The van der Waals surface area contributed by atoms with Crippen LogP contribution in [0.4, 0.5) is 0 Å². The van der Waals surface area contributed by atoms with Gasteiger partial charge in [-0.25, -0.2) is 4.98 Å². The van der Waals surface area contributed by atoms with Crippen LogP contribution in [0.3, 0.4) is 0 Å². The Morgan fingerprint density at radius 1 is 1.60 bits per heavy atom. The average Bonchev–Trinajstić information content (AvgIpc) is 2.68.